The summed E-state index contributed by atoms with van der Waals surface area (Å²) >= 11 is 3.26. The monoisotopic (exact) mass is 397 g/mol. The maximum absolute atomic E-state index is 12.9. The maximum atomic E-state index is 12.9. The first kappa shape index (κ1) is 17.5. The fraction of sp³-hybridized carbons (Fsp3) is 0.188. The van der Waals surface area contributed by atoms with Gasteiger partial charge >= 0.3 is 5.97 Å². The van der Waals surface area contributed by atoms with E-state index < -0.39 is 22.5 Å². The lowest BCUT2D eigenvalue weighted by atomic mass is 10.1. The molecule has 1 N–H and O–H groups in total. The average molecular weight is 398 g/mol. The zero-order chi connectivity index (χ0) is 17.2. The lowest BCUT2D eigenvalue weighted by Crippen LogP contribution is -2.36. The van der Waals surface area contributed by atoms with E-state index in [-0.39, 0.29) is 4.90 Å². The second-order valence-electron chi connectivity index (χ2n) is 5.10. The number of aliphatic carboxylic acids is 1. The Kier molecular flexibility index (Phi) is 5.11. The molecule has 0 aromatic heterocycles. The van der Waals surface area contributed by atoms with Crippen LogP contribution in [-0.4, -0.2) is 26.0 Å². The van der Waals surface area contributed by atoms with Crippen LogP contribution in [0.15, 0.2) is 51.8 Å². The molecular weight excluding hydrogens is 382 g/mol. The summed E-state index contributed by atoms with van der Waals surface area (Å²) in [4.78, 5) is 11.3. The van der Waals surface area contributed by atoms with Crippen LogP contribution in [0, 0.1) is 13.8 Å². The molecule has 0 unspecified atom stereocenters. The molecule has 0 spiro atoms. The lowest BCUT2D eigenvalue weighted by molar-refractivity contribution is -0.135. The van der Waals surface area contributed by atoms with Crippen LogP contribution in [0.2, 0.25) is 0 Å². The molecule has 2 rings (SSSR count). The van der Waals surface area contributed by atoms with Crippen LogP contribution >= 0.6 is 15.9 Å². The van der Waals surface area contributed by atoms with Crippen molar-refractivity contribution in [2.45, 2.75) is 18.7 Å². The Morgan fingerprint density at radius 2 is 1.61 bits per heavy atom. The first-order chi connectivity index (χ1) is 10.7. The summed E-state index contributed by atoms with van der Waals surface area (Å²) in [5.41, 5.74) is 1.80. The van der Waals surface area contributed by atoms with Crippen LogP contribution in [0.1, 0.15) is 11.1 Å². The third kappa shape index (κ3) is 3.73. The maximum Gasteiger partial charge on any atom is 0.324 e. The highest BCUT2D eigenvalue weighted by Gasteiger charge is 2.29. The van der Waals surface area contributed by atoms with Crippen LogP contribution < -0.4 is 4.31 Å². The number of halogens is 1. The van der Waals surface area contributed by atoms with Crippen molar-refractivity contribution in [2.75, 3.05) is 10.8 Å². The van der Waals surface area contributed by atoms with E-state index in [1.165, 1.54) is 12.1 Å². The molecule has 0 amide bonds. The number of para-hydroxylation sites is 1. The molecule has 2 aromatic carbocycles. The van der Waals surface area contributed by atoms with Crippen molar-refractivity contribution in [1.82, 2.24) is 0 Å². The van der Waals surface area contributed by atoms with Gasteiger partial charge in [-0.15, -0.1) is 0 Å². The van der Waals surface area contributed by atoms with Gasteiger partial charge in [0.05, 0.1) is 10.6 Å². The number of carboxylic acids is 1. The Morgan fingerprint density at radius 3 is 2.09 bits per heavy atom. The minimum atomic E-state index is -3.98. The van der Waals surface area contributed by atoms with Crippen LogP contribution in [0.4, 0.5) is 5.69 Å². The molecule has 0 saturated heterocycles. The quantitative estimate of drug-likeness (QED) is 0.839. The molecule has 0 aliphatic heterocycles. The van der Waals surface area contributed by atoms with Gasteiger partial charge in [0.25, 0.3) is 10.0 Å². The van der Waals surface area contributed by atoms with Crippen molar-refractivity contribution in [1.29, 1.82) is 0 Å². The van der Waals surface area contributed by atoms with E-state index in [4.69, 9.17) is 5.11 Å². The first-order valence-corrected chi connectivity index (χ1v) is 9.03. The Labute approximate surface area is 143 Å². The molecule has 0 fully saturated rings. The number of carboxylic acid groups (broad SMARTS) is 1. The number of rotatable bonds is 5. The summed E-state index contributed by atoms with van der Waals surface area (Å²) in [5, 5.41) is 9.17. The van der Waals surface area contributed by atoms with E-state index in [1.807, 2.05) is 0 Å². The van der Waals surface area contributed by atoms with E-state index in [0.717, 1.165) is 8.78 Å². The molecular formula is C16H16BrNO4S. The molecule has 7 heteroatoms. The Balaban J connectivity index is 2.63. The van der Waals surface area contributed by atoms with Crippen molar-refractivity contribution < 1.29 is 18.3 Å². The van der Waals surface area contributed by atoms with Crippen LogP contribution in [-0.2, 0) is 14.8 Å². The van der Waals surface area contributed by atoms with E-state index in [2.05, 4.69) is 15.9 Å². The normalized spacial score (nSPS) is 11.3. The molecule has 122 valence electrons. The number of hydrogen-bond donors (Lipinski definition) is 1. The van der Waals surface area contributed by atoms with Gasteiger partial charge in [0.2, 0.25) is 0 Å². The largest absolute Gasteiger partial charge is 0.480 e. The third-order valence-corrected chi connectivity index (χ3v) is 5.66. The number of nitrogens with zero attached hydrogens (tertiary/aromatic N) is 1. The summed E-state index contributed by atoms with van der Waals surface area (Å²) < 4.78 is 27.6. The van der Waals surface area contributed by atoms with Gasteiger partial charge in [-0.25, -0.2) is 8.42 Å². The molecule has 0 bridgehead atoms. The molecule has 0 saturated carbocycles. The topological polar surface area (TPSA) is 74.7 Å². The predicted octanol–water partition coefficient (Wildman–Crippen LogP) is 3.35. The smallest absolute Gasteiger partial charge is 0.324 e. The highest BCUT2D eigenvalue weighted by molar-refractivity contribution is 9.10. The van der Waals surface area contributed by atoms with Gasteiger partial charge in [-0.1, -0.05) is 34.1 Å². The van der Waals surface area contributed by atoms with E-state index in [1.54, 1.807) is 44.2 Å². The summed E-state index contributed by atoms with van der Waals surface area (Å²) in [6, 6.07) is 11.4. The second-order valence-corrected chi connectivity index (χ2v) is 7.88. The fourth-order valence-electron chi connectivity index (χ4n) is 2.34. The number of hydrogen-bond acceptors (Lipinski definition) is 3. The average Bonchev–Trinajstić information content (AvgIpc) is 2.46. The molecule has 0 heterocycles. The van der Waals surface area contributed by atoms with E-state index in [0.29, 0.717) is 16.8 Å². The van der Waals surface area contributed by atoms with E-state index >= 15 is 0 Å². The fourth-order valence-corrected chi connectivity index (χ4v) is 4.15. The molecule has 0 atom stereocenters. The number of aryl methyl sites for hydroxylation is 2. The third-order valence-electron chi connectivity index (χ3n) is 3.37. The van der Waals surface area contributed by atoms with Gasteiger partial charge in [0, 0.05) is 4.47 Å². The standard InChI is InChI=1S/C16H16BrNO4S/c1-11-4-3-5-12(2)16(11)18(10-15(19)20)23(21,22)14-8-6-13(17)7-9-14/h3-9H,10H2,1-2H3,(H,19,20). The highest BCUT2D eigenvalue weighted by Crippen LogP contribution is 2.30. The number of carbonyl (C=O) groups is 1. The number of anilines is 1. The Bertz CT molecular complexity index is 811. The summed E-state index contributed by atoms with van der Waals surface area (Å²) in [6.45, 7) is 2.88. The Hall–Kier alpha value is -1.86. The van der Waals surface area contributed by atoms with Gasteiger partial charge in [-0.2, -0.15) is 0 Å². The van der Waals surface area contributed by atoms with Crippen LogP contribution in [0.25, 0.3) is 0 Å². The predicted molar refractivity (Wildman–Crippen MR) is 92.2 cm³/mol. The SMILES string of the molecule is Cc1cccc(C)c1N(CC(=O)O)S(=O)(=O)c1ccc(Br)cc1. The van der Waals surface area contributed by atoms with Crippen molar-refractivity contribution in [3.05, 3.63) is 58.1 Å². The lowest BCUT2D eigenvalue weighted by Gasteiger charge is -2.26. The van der Waals surface area contributed by atoms with Crippen LogP contribution in [0.3, 0.4) is 0 Å². The highest BCUT2D eigenvalue weighted by atomic mass is 79.9. The molecule has 23 heavy (non-hydrogen) atoms. The summed E-state index contributed by atoms with van der Waals surface area (Å²) in [7, 11) is -3.98. The number of sulfonamides is 1. The van der Waals surface area contributed by atoms with Gasteiger partial charge in [-0.3, -0.25) is 9.10 Å². The first-order valence-electron chi connectivity index (χ1n) is 6.80. The van der Waals surface area contributed by atoms with Crippen molar-refractivity contribution in [3.8, 4) is 0 Å². The van der Waals surface area contributed by atoms with Crippen molar-refractivity contribution in [2.24, 2.45) is 0 Å². The van der Waals surface area contributed by atoms with Gasteiger partial charge in [0.15, 0.2) is 0 Å². The molecule has 2 aromatic rings. The van der Waals surface area contributed by atoms with Gasteiger partial charge in [-0.05, 0) is 49.2 Å². The second kappa shape index (κ2) is 6.72. The van der Waals surface area contributed by atoms with E-state index in [9.17, 15) is 13.2 Å². The molecule has 5 nitrogen and oxygen atoms in total. The van der Waals surface area contributed by atoms with Gasteiger partial charge in [0.1, 0.15) is 6.54 Å². The van der Waals surface area contributed by atoms with Gasteiger partial charge < -0.3 is 5.11 Å². The summed E-state index contributed by atoms with van der Waals surface area (Å²) in [6.07, 6.45) is 0. The molecule has 0 aliphatic rings. The zero-order valence-corrected chi connectivity index (χ0v) is 15.1. The van der Waals surface area contributed by atoms with Crippen LogP contribution in [0.5, 0.6) is 0 Å². The molecule has 0 radical (unpaired) electrons. The minimum absolute atomic E-state index is 0.0459. The van der Waals surface area contributed by atoms with Crippen molar-refractivity contribution >= 4 is 37.6 Å². The number of benzene rings is 2. The Morgan fingerprint density at radius 1 is 1.09 bits per heavy atom. The molecule has 0 aliphatic carbocycles. The minimum Gasteiger partial charge on any atom is -0.480 e. The van der Waals surface area contributed by atoms with Crippen molar-refractivity contribution in [3.63, 3.8) is 0 Å². The summed E-state index contributed by atoms with van der Waals surface area (Å²) in [5.74, 6) is -1.21. The zero-order valence-electron chi connectivity index (χ0n) is 12.7.